The van der Waals surface area contributed by atoms with Gasteiger partial charge in [-0.2, -0.15) is 18.3 Å². The van der Waals surface area contributed by atoms with Gasteiger partial charge in [0, 0.05) is 50.2 Å². The van der Waals surface area contributed by atoms with Gasteiger partial charge >= 0.3 is 6.18 Å². The molecule has 3 heterocycles. The van der Waals surface area contributed by atoms with Crippen molar-refractivity contribution in [3.8, 4) is 0 Å². The maximum atomic E-state index is 12.9. The van der Waals surface area contributed by atoms with E-state index in [2.05, 4.69) is 15.4 Å². The van der Waals surface area contributed by atoms with Crippen LogP contribution < -0.4 is 5.32 Å². The Balaban J connectivity index is 1.34. The van der Waals surface area contributed by atoms with Gasteiger partial charge in [-0.1, -0.05) is 12.1 Å². The molecule has 0 saturated carbocycles. The van der Waals surface area contributed by atoms with Crippen LogP contribution in [0.1, 0.15) is 35.6 Å². The second-order valence-electron chi connectivity index (χ2n) is 9.60. The minimum Gasteiger partial charge on any atom is -0.353 e. The van der Waals surface area contributed by atoms with Crippen molar-refractivity contribution in [3.05, 3.63) is 59.5 Å². The molecule has 1 aliphatic heterocycles. The van der Waals surface area contributed by atoms with Crippen molar-refractivity contribution in [2.24, 2.45) is 0 Å². The number of aromatic nitrogens is 3. The Morgan fingerprint density at radius 3 is 2.45 bits per heavy atom. The molecule has 2 amide bonds. The third kappa shape index (κ3) is 6.94. The second-order valence-corrected chi connectivity index (χ2v) is 9.60. The van der Waals surface area contributed by atoms with E-state index in [1.165, 1.54) is 10.7 Å². The fourth-order valence-corrected chi connectivity index (χ4v) is 4.31. The highest BCUT2D eigenvalue weighted by atomic mass is 19.4. The molecule has 4 rings (SSSR count). The van der Waals surface area contributed by atoms with E-state index in [9.17, 15) is 27.6 Å². The molecule has 12 heteroatoms. The van der Waals surface area contributed by atoms with Gasteiger partial charge in [-0.15, -0.1) is 0 Å². The fourth-order valence-electron chi connectivity index (χ4n) is 4.31. The van der Waals surface area contributed by atoms with Gasteiger partial charge in [0.2, 0.25) is 11.8 Å². The molecule has 1 aliphatic rings. The molecule has 38 heavy (non-hydrogen) atoms. The number of alkyl halides is 3. The van der Waals surface area contributed by atoms with Crippen LogP contribution in [0.15, 0.2) is 42.6 Å². The second kappa shape index (κ2) is 11.3. The summed E-state index contributed by atoms with van der Waals surface area (Å²) in [6.07, 6.45) is -3.04. The summed E-state index contributed by atoms with van der Waals surface area (Å²) in [5.74, 6) is -0.649. The van der Waals surface area contributed by atoms with Crippen LogP contribution in [-0.2, 0) is 28.7 Å². The van der Waals surface area contributed by atoms with Gasteiger partial charge in [-0.25, -0.2) is 4.98 Å². The van der Waals surface area contributed by atoms with Crippen LogP contribution in [0.25, 0.3) is 10.9 Å². The van der Waals surface area contributed by atoms with Gasteiger partial charge in [0.25, 0.3) is 0 Å². The van der Waals surface area contributed by atoms with Crippen LogP contribution >= 0.6 is 0 Å². The third-order valence-electron chi connectivity index (χ3n) is 6.15. The molecule has 0 spiro atoms. The molecule has 0 aliphatic carbocycles. The molecule has 1 saturated heterocycles. The van der Waals surface area contributed by atoms with Crippen LogP contribution in [0.2, 0.25) is 0 Å². The number of nitrogens with zero attached hydrogens (tertiary/aromatic N) is 5. The zero-order valence-electron chi connectivity index (χ0n) is 21.2. The highest BCUT2D eigenvalue weighted by molar-refractivity contribution is 5.96. The first kappa shape index (κ1) is 27.2. The number of Topliss-reactive ketones (excluding diaryl/α,β-unsaturated/α-hetero) is 1. The Hall–Kier alpha value is -3.80. The maximum absolute atomic E-state index is 12.9. The summed E-state index contributed by atoms with van der Waals surface area (Å²) in [5.41, 5.74) is -0.123. The van der Waals surface area contributed by atoms with Gasteiger partial charge in [0.1, 0.15) is 17.9 Å². The monoisotopic (exact) mass is 530 g/mol. The number of benzene rings is 1. The van der Waals surface area contributed by atoms with E-state index in [1.54, 1.807) is 29.3 Å². The van der Waals surface area contributed by atoms with Crippen molar-refractivity contribution in [1.29, 1.82) is 0 Å². The molecule has 1 N–H and O–H groups in total. The molecule has 2 aromatic heterocycles. The number of amides is 2. The van der Waals surface area contributed by atoms with Gasteiger partial charge in [0.15, 0.2) is 5.78 Å². The van der Waals surface area contributed by atoms with Crippen molar-refractivity contribution in [2.75, 3.05) is 32.7 Å². The number of pyridine rings is 1. The third-order valence-corrected chi connectivity index (χ3v) is 6.15. The normalized spacial score (nSPS) is 14.7. The number of carbonyl (C=O) groups excluding carboxylic acids is 3. The molecule has 0 unspecified atom stereocenters. The molecule has 0 bridgehead atoms. The number of rotatable bonds is 8. The molecule has 9 nitrogen and oxygen atoms in total. The standard InChI is InChI=1S/C26H29F3N6O3/c1-17(2)30-24(37)15-33-8-10-34(11-9-33)25(38)16-35-14-19-12-18(6-7-20(19)32-35)13-22(36)21-4-3-5-23(31-21)26(27,28)29/h3-7,12,14,17H,8-11,13,15-16H2,1-2H3,(H,30,37). The zero-order chi connectivity index (χ0) is 27.4. The smallest absolute Gasteiger partial charge is 0.353 e. The van der Waals surface area contributed by atoms with Gasteiger partial charge in [0.05, 0.1) is 12.1 Å². The number of piperazine rings is 1. The average molecular weight is 531 g/mol. The lowest BCUT2D eigenvalue weighted by Gasteiger charge is -2.34. The summed E-state index contributed by atoms with van der Waals surface area (Å²) < 4.78 is 40.3. The quantitative estimate of drug-likeness (QED) is 0.450. The van der Waals surface area contributed by atoms with Gasteiger partial charge in [-0.3, -0.25) is 24.0 Å². The summed E-state index contributed by atoms with van der Waals surface area (Å²) in [6.45, 7) is 6.42. The van der Waals surface area contributed by atoms with E-state index in [0.29, 0.717) is 49.2 Å². The highest BCUT2D eigenvalue weighted by Gasteiger charge is 2.33. The fraction of sp³-hybridized carbons (Fsp3) is 0.423. The first-order valence-electron chi connectivity index (χ1n) is 12.3. The number of hydrogen-bond donors (Lipinski definition) is 1. The number of hydrogen-bond acceptors (Lipinski definition) is 6. The number of fused-ring (bicyclic) bond motifs is 1. The SMILES string of the molecule is CC(C)NC(=O)CN1CCN(C(=O)Cn2cc3cc(CC(=O)c4cccc(C(F)(F)F)n4)ccc3n2)CC1. The maximum Gasteiger partial charge on any atom is 0.433 e. The molecular formula is C26H29F3N6O3. The van der Waals surface area contributed by atoms with Crippen LogP contribution in [0.5, 0.6) is 0 Å². The van der Waals surface area contributed by atoms with Crippen LogP contribution in [0.3, 0.4) is 0 Å². The van der Waals surface area contributed by atoms with E-state index in [-0.39, 0.29) is 36.5 Å². The molecule has 1 fully saturated rings. The number of halogens is 3. The van der Waals surface area contributed by atoms with E-state index in [4.69, 9.17) is 0 Å². The minimum atomic E-state index is -4.63. The first-order chi connectivity index (χ1) is 18.0. The van der Waals surface area contributed by atoms with Crippen molar-refractivity contribution < 1.29 is 27.6 Å². The van der Waals surface area contributed by atoms with Crippen LogP contribution in [-0.4, -0.2) is 80.9 Å². The van der Waals surface area contributed by atoms with E-state index in [0.717, 1.165) is 12.1 Å². The Kier molecular flexibility index (Phi) is 8.10. The number of carbonyl (C=O) groups is 3. The van der Waals surface area contributed by atoms with Crippen molar-refractivity contribution in [2.45, 2.75) is 39.0 Å². The lowest BCUT2D eigenvalue weighted by atomic mass is 10.0. The predicted octanol–water partition coefficient (Wildman–Crippen LogP) is 2.54. The Morgan fingerprint density at radius 2 is 1.76 bits per heavy atom. The topological polar surface area (TPSA) is 100 Å². The highest BCUT2D eigenvalue weighted by Crippen LogP contribution is 2.27. The number of ketones is 1. The Morgan fingerprint density at radius 1 is 1.03 bits per heavy atom. The summed E-state index contributed by atoms with van der Waals surface area (Å²) in [6, 6.07) is 8.46. The largest absolute Gasteiger partial charge is 0.433 e. The molecular weight excluding hydrogens is 501 g/mol. The molecule has 0 radical (unpaired) electrons. The predicted molar refractivity (Wildman–Crippen MR) is 133 cm³/mol. The first-order valence-corrected chi connectivity index (χ1v) is 12.3. The van der Waals surface area contributed by atoms with E-state index in [1.807, 2.05) is 18.7 Å². The molecule has 202 valence electrons. The summed E-state index contributed by atoms with van der Waals surface area (Å²) in [5, 5.41) is 8.00. The Bertz CT molecular complexity index is 1330. The minimum absolute atomic E-state index is 0.0323. The molecule has 3 aromatic rings. The summed E-state index contributed by atoms with van der Waals surface area (Å²) in [7, 11) is 0. The zero-order valence-corrected chi connectivity index (χ0v) is 21.2. The van der Waals surface area contributed by atoms with Crippen molar-refractivity contribution in [1.82, 2.24) is 29.9 Å². The van der Waals surface area contributed by atoms with Crippen molar-refractivity contribution >= 4 is 28.5 Å². The van der Waals surface area contributed by atoms with Gasteiger partial charge in [-0.05, 0) is 43.7 Å². The van der Waals surface area contributed by atoms with E-state index >= 15 is 0 Å². The van der Waals surface area contributed by atoms with Crippen LogP contribution in [0, 0.1) is 0 Å². The summed E-state index contributed by atoms with van der Waals surface area (Å²) in [4.78, 5) is 44.6. The van der Waals surface area contributed by atoms with E-state index < -0.39 is 17.7 Å². The number of nitrogens with one attached hydrogen (secondary N) is 1. The van der Waals surface area contributed by atoms with Gasteiger partial charge < -0.3 is 10.2 Å². The lowest BCUT2D eigenvalue weighted by Crippen LogP contribution is -2.52. The van der Waals surface area contributed by atoms with Crippen LogP contribution in [0.4, 0.5) is 13.2 Å². The average Bonchev–Trinajstić information content (AvgIpc) is 3.25. The Labute approximate surface area is 217 Å². The molecule has 1 aromatic carbocycles. The summed E-state index contributed by atoms with van der Waals surface area (Å²) >= 11 is 0. The lowest BCUT2D eigenvalue weighted by molar-refractivity contribution is -0.141. The van der Waals surface area contributed by atoms with Crippen molar-refractivity contribution in [3.63, 3.8) is 0 Å². The molecule has 0 atom stereocenters.